The van der Waals surface area contributed by atoms with Crippen LogP contribution in [0.5, 0.6) is 0 Å². The lowest BCUT2D eigenvalue weighted by molar-refractivity contribution is -0.116. The summed E-state index contributed by atoms with van der Waals surface area (Å²) in [5.74, 6) is -1.65. The first-order valence-corrected chi connectivity index (χ1v) is 5.99. The molecule has 2 aromatic rings. The number of carboxylic acid groups (broad SMARTS) is 1. The number of carbonyl (C=O) groups is 2. The Balaban J connectivity index is 2.10. The van der Waals surface area contributed by atoms with Crippen molar-refractivity contribution in [1.82, 2.24) is 14.8 Å². The summed E-state index contributed by atoms with van der Waals surface area (Å²) in [7, 11) is 0. The van der Waals surface area contributed by atoms with E-state index in [4.69, 9.17) is 22.0 Å². The summed E-state index contributed by atoms with van der Waals surface area (Å²) in [6.45, 7) is -0.178. The van der Waals surface area contributed by atoms with E-state index in [0.717, 1.165) is 0 Å². The topological polar surface area (TPSA) is 121 Å². The molecule has 0 saturated heterocycles. The molecule has 8 nitrogen and oxygen atoms in total. The minimum Gasteiger partial charge on any atom is -0.478 e. The summed E-state index contributed by atoms with van der Waals surface area (Å²) in [6, 6.07) is 5.70. The van der Waals surface area contributed by atoms with Crippen molar-refractivity contribution in [2.45, 2.75) is 6.54 Å². The van der Waals surface area contributed by atoms with Crippen LogP contribution in [0, 0.1) is 11.3 Å². The molecule has 21 heavy (non-hydrogen) atoms. The summed E-state index contributed by atoms with van der Waals surface area (Å²) in [5.41, 5.74) is 0.185. The first-order valence-electron chi connectivity index (χ1n) is 5.62. The lowest BCUT2D eigenvalue weighted by Gasteiger charge is -2.08. The SMILES string of the molecule is N#Cc1ncn(CC(=O)Nc2cc(C(=O)O)ccc2Cl)n1. The largest absolute Gasteiger partial charge is 0.478 e. The molecule has 1 aromatic carbocycles. The number of carboxylic acids is 1. The smallest absolute Gasteiger partial charge is 0.335 e. The number of nitrogens with zero attached hydrogens (tertiary/aromatic N) is 4. The molecule has 2 N–H and O–H groups in total. The number of hydrogen-bond donors (Lipinski definition) is 2. The second-order valence-corrected chi connectivity index (χ2v) is 4.33. The number of nitrogens with one attached hydrogen (secondary N) is 1. The van der Waals surface area contributed by atoms with Crippen molar-refractivity contribution in [3.05, 3.63) is 40.9 Å². The minimum atomic E-state index is -1.13. The number of rotatable bonds is 4. The van der Waals surface area contributed by atoms with Crippen LogP contribution in [-0.4, -0.2) is 31.7 Å². The normalized spacial score (nSPS) is 9.90. The van der Waals surface area contributed by atoms with Gasteiger partial charge in [0.25, 0.3) is 5.82 Å². The molecule has 0 aliphatic carbocycles. The van der Waals surface area contributed by atoms with Crippen LogP contribution in [0.15, 0.2) is 24.5 Å². The molecule has 0 spiro atoms. The highest BCUT2D eigenvalue weighted by Crippen LogP contribution is 2.23. The Morgan fingerprint density at radius 2 is 2.24 bits per heavy atom. The van der Waals surface area contributed by atoms with Gasteiger partial charge in [-0.3, -0.25) is 4.79 Å². The number of nitriles is 1. The third kappa shape index (κ3) is 3.55. The third-order valence-corrected chi connectivity index (χ3v) is 2.76. The average Bonchev–Trinajstić information content (AvgIpc) is 2.88. The Morgan fingerprint density at radius 3 is 2.86 bits per heavy atom. The van der Waals surface area contributed by atoms with Gasteiger partial charge >= 0.3 is 5.97 Å². The van der Waals surface area contributed by atoms with Gasteiger partial charge in [-0.05, 0) is 18.2 Å². The van der Waals surface area contributed by atoms with Gasteiger partial charge in [-0.25, -0.2) is 14.5 Å². The zero-order valence-corrected chi connectivity index (χ0v) is 11.2. The highest BCUT2D eigenvalue weighted by Gasteiger charge is 2.11. The molecule has 0 unspecified atom stereocenters. The molecule has 1 amide bonds. The van der Waals surface area contributed by atoms with Gasteiger partial charge in [-0.1, -0.05) is 11.6 Å². The Bertz CT molecular complexity index is 750. The second-order valence-electron chi connectivity index (χ2n) is 3.93. The van der Waals surface area contributed by atoms with E-state index in [-0.39, 0.29) is 28.6 Å². The van der Waals surface area contributed by atoms with E-state index in [2.05, 4.69) is 15.4 Å². The molecule has 0 radical (unpaired) electrons. The number of hydrogen-bond acceptors (Lipinski definition) is 5. The molecule has 0 aliphatic heterocycles. The van der Waals surface area contributed by atoms with Crippen molar-refractivity contribution >= 4 is 29.2 Å². The lowest BCUT2D eigenvalue weighted by atomic mass is 10.2. The molecule has 0 fully saturated rings. The minimum absolute atomic E-state index is 0.00206. The van der Waals surface area contributed by atoms with Crippen molar-refractivity contribution in [3.8, 4) is 6.07 Å². The van der Waals surface area contributed by atoms with E-state index in [1.165, 1.54) is 29.2 Å². The number of amides is 1. The zero-order valence-electron chi connectivity index (χ0n) is 10.4. The Labute approximate surface area is 123 Å². The maximum atomic E-state index is 11.8. The number of carbonyl (C=O) groups excluding carboxylic acids is 1. The van der Waals surface area contributed by atoms with Crippen LogP contribution in [0.3, 0.4) is 0 Å². The fourth-order valence-corrected chi connectivity index (χ4v) is 1.68. The van der Waals surface area contributed by atoms with E-state index in [9.17, 15) is 9.59 Å². The van der Waals surface area contributed by atoms with Crippen molar-refractivity contribution in [2.24, 2.45) is 0 Å². The van der Waals surface area contributed by atoms with Crippen molar-refractivity contribution in [1.29, 1.82) is 5.26 Å². The molecule has 0 bridgehead atoms. The number of aromatic carboxylic acids is 1. The number of halogens is 1. The average molecular weight is 306 g/mol. The Hall–Kier alpha value is -2.92. The first kappa shape index (κ1) is 14.5. The molecule has 0 aliphatic rings. The number of anilines is 1. The molecular weight excluding hydrogens is 298 g/mol. The van der Waals surface area contributed by atoms with Gasteiger partial charge in [0.1, 0.15) is 18.9 Å². The van der Waals surface area contributed by atoms with Gasteiger partial charge in [-0.15, -0.1) is 5.10 Å². The van der Waals surface area contributed by atoms with E-state index >= 15 is 0 Å². The van der Waals surface area contributed by atoms with Crippen LogP contribution >= 0.6 is 11.6 Å². The molecule has 0 atom stereocenters. The van der Waals surface area contributed by atoms with Gasteiger partial charge < -0.3 is 10.4 Å². The maximum absolute atomic E-state index is 11.8. The predicted octanol–water partition coefficient (Wildman–Crippen LogP) is 1.14. The lowest BCUT2D eigenvalue weighted by Crippen LogP contribution is -2.19. The van der Waals surface area contributed by atoms with Gasteiger partial charge in [0.2, 0.25) is 5.91 Å². The summed E-state index contributed by atoms with van der Waals surface area (Å²) in [4.78, 5) is 26.3. The fourth-order valence-electron chi connectivity index (χ4n) is 1.51. The summed E-state index contributed by atoms with van der Waals surface area (Å²) in [6.07, 6.45) is 1.24. The van der Waals surface area contributed by atoms with Gasteiger partial charge in [0.15, 0.2) is 0 Å². The summed E-state index contributed by atoms with van der Waals surface area (Å²) in [5, 5.41) is 23.9. The molecule has 2 rings (SSSR count). The summed E-state index contributed by atoms with van der Waals surface area (Å²) >= 11 is 5.89. The van der Waals surface area contributed by atoms with Crippen LogP contribution in [0.1, 0.15) is 16.2 Å². The molecule has 1 heterocycles. The highest BCUT2D eigenvalue weighted by atomic mass is 35.5. The Kier molecular flexibility index (Phi) is 4.15. The van der Waals surface area contributed by atoms with E-state index in [1.54, 1.807) is 6.07 Å². The standard InChI is InChI=1S/C12H8ClN5O3/c13-8-2-1-7(12(20)21)3-9(8)16-11(19)5-18-6-15-10(4-14)17-18/h1-3,6H,5H2,(H,16,19)(H,20,21). The van der Waals surface area contributed by atoms with Crippen molar-refractivity contribution in [3.63, 3.8) is 0 Å². The monoisotopic (exact) mass is 305 g/mol. The maximum Gasteiger partial charge on any atom is 0.335 e. The van der Waals surface area contributed by atoms with Gasteiger partial charge in [0, 0.05) is 0 Å². The molecular formula is C12H8ClN5O3. The van der Waals surface area contributed by atoms with Gasteiger partial charge in [-0.2, -0.15) is 5.26 Å². The first-order chi connectivity index (χ1) is 9.99. The number of aromatic nitrogens is 3. The molecule has 9 heteroatoms. The van der Waals surface area contributed by atoms with Crippen molar-refractivity contribution in [2.75, 3.05) is 5.32 Å². The summed E-state index contributed by atoms with van der Waals surface area (Å²) < 4.78 is 1.18. The van der Waals surface area contributed by atoms with Crippen LogP contribution < -0.4 is 5.32 Å². The molecule has 0 saturated carbocycles. The second kappa shape index (κ2) is 6.02. The van der Waals surface area contributed by atoms with Crippen molar-refractivity contribution < 1.29 is 14.7 Å². The van der Waals surface area contributed by atoms with E-state index in [1.807, 2.05) is 0 Å². The quantitative estimate of drug-likeness (QED) is 0.873. The van der Waals surface area contributed by atoms with Crippen LogP contribution in [0.2, 0.25) is 5.02 Å². The molecule has 106 valence electrons. The van der Waals surface area contributed by atoms with E-state index in [0.29, 0.717) is 0 Å². The highest BCUT2D eigenvalue weighted by molar-refractivity contribution is 6.33. The fraction of sp³-hybridized carbons (Fsp3) is 0.0833. The Morgan fingerprint density at radius 1 is 1.48 bits per heavy atom. The van der Waals surface area contributed by atoms with Crippen LogP contribution in [0.25, 0.3) is 0 Å². The van der Waals surface area contributed by atoms with Crippen LogP contribution in [-0.2, 0) is 11.3 Å². The third-order valence-electron chi connectivity index (χ3n) is 2.43. The van der Waals surface area contributed by atoms with E-state index < -0.39 is 11.9 Å². The number of benzene rings is 1. The van der Waals surface area contributed by atoms with Gasteiger partial charge in [0.05, 0.1) is 16.3 Å². The molecule has 1 aromatic heterocycles. The van der Waals surface area contributed by atoms with Crippen LogP contribution in [0.4, 0.5) is 5.69 Å². The predicted molar refractivity (Wildman–Crippen MR) is 71.8 cm³/mol. The zero-order chi connectivity index (χ0) is 15.4.